The predicted octanol–water partition coefficient (Wildman–Crippen LogP) is 0.687. The van der Waals surface area contributed by atoms with E-state index < -0.39 is 21.0 Å². The standard InChI is InChI=1S/C12H16N2O3S/c1-3-8-18(16,17)10(2)12(15)14-9-11-6-4-5-7-13-11/h3-7,10H,1,8-9H2,2H3,(H,14,15). The Bertz CT molecular complexity index is 511. The number of nitrogens with zero attached hydrogens (tertiary/aromatic N) is 1. The summed E-state index contributed by atoms with van der Waals surface area (Å²) in [7, 11) is -3.46. The van der Waals surface area contributed by atoms with Crippen LogP contribution in [-0.2, 0) is 21.2 Å². The van der Waals surface area contributed by atoms with Gasteiger partial charge in [-0.25, -0.2) is 8.42 Å². The van der Waals surface area contributed by atoms with E-state index in [4.69, 9.17) is 0 Å². The summed E-state index contributed by atoms with van der Waals surface area (Å²) >= 11 is 0. The van der Waals surface area contributed by atoms with Gasteiger partial charge in [0, 0.05) is 6.20 Å². The topological polar surface area (TPSA) is 76.1 Å². The molecule has 1 aromatic heterocycles. The first-order chi connectivity index (χ1) is 8.47. The Morgan fingerprint density at radius 1 is 1.56 bits per heavy atom. The second-order valence-electron chi connectivity index (χ2n) is 3.80. The number of carbonyl (C=O) groups excluding carboxylic acids is 1. The fraction of sp³-hybridized carbons (Fsp3) is 0.333. The minimum Gasteiger partial charge on any atom is -0.349 e. The minimum atomic E-state index is -3.46. The second-order valence-corrected chi connectivity index (χ2v) is 6.17. The maximum Gasteiger partial charge on any atom is 0.238 e. The lowest BCUT2D eigenvalue weighted by Gasteiger charge is -2.11. The summed E-state index contributed by atoms with van der Waals surface area (Å²) in [5, 5.41) is 1.46. The van der Waals surface area contributed by atoms with Crippen molar-refractivity contribution in [3.8, 4) is 0 Å². The Morgan fingerprint density at radius 2 is 2.28 bits per heavy atom. The zero-order chi connectivity index (χ0) is 13.6. The number of hydrogen-bond acceptors (Lipinski definition) is 4. The van der Waals surface area contributed by atoms with E-state index in [0.29, 0.717) is 5.69 Å². The molecule has 0 fully saturated rings. The Labute approximate surface area is 107 Å². The molecule has 0 aliphatic heterocycles. The highest BCUT2D eigenvalue weighted by atomic mass is 32.2. The Hall–Kier alpha value is -1.69. The molecule has 0 aromatic carbocycles. The first-order valence-electron chi connectivity index (χ1n) is 5.47. The van der Waals surface area contributed by atoms with Crippen molar-refractivity contribution in [1.82, 2.24) is 10.3 Å². The third-order valence-electron chi connectivity index (χ3n) is 2.43. The molecule has 1 rings (SSSR count). The van der Waals surface area contributed by atoms with Gasteiger partial charge in [0.25, 0.3) is 0 Å². The molecule has 5 nitrogen and oxygen atoms in total. The molecule has 0 saturated heterocycles. The van der Waals surface area contributed by atoms with Gasteiger partial charge < -0.3 is 5.32 Å². The molecule has 0 radical (unpaired) electrons. The van der Waals surface area contributed by atoms with Gasteiger partial charge in [-0.15, -0.1) is 6.58 Å². The van der Waals surface area contributed by atoms with Gasteiger partial charge in [-0.2, -0.15) is 0 Å². The van der Waals surface area contributed by atoms with E-state index in [9.17, 15) is 13.2 Å². The van der Waals surface area contributed by atoms with Crippen LogP contribution in [0.25, 0.3) is 0 Å². The van der Waals surface area contributed by atoms with Crippen LogP contribution in [0.3, 0.4) is 0 Å². The van der Waals surface area contributed by atoms with Crippen LogP contribution in [0.4, 0.5) is 0 Å². The lowest BCUT2D eigenvalue weighted by Crippen LogP contribution is -2.38. The summed E-state index contributed by atoms with van der Waals surface area (Å²) in [5.41, 5.74) is 0.680. The van der Waals surface area contributed by atoms with Crippen molar-refractivity contribution in [2.45, 2.75) is 18.7 Å². The fourth-order valence-electron chi connectivity index (χ4n) is 1.30. The highest BCUT2D eigenvalue weighted by Crippen LogP contribution is 2.03. The quantitative estimate of drug-likeness (QED) is 0.770. The normalized spacial score (nSPS) is 12.7. The van der Waals surface area contributed by atoms with E-state index in [0.717, 1.165) is 0 Å². The molecule has 98 valence electrons. The third-order valence-corrected chi connectivity index (χ3v) is 4.42. The molecule has 18 heavy (non-hydrogen) atoms. The van der Waals surface area contributed by atoms with Crippen LogP contribution in [0, 0.1) is 0 Å². The average Bonchev–Trinajstić information content (AvgIpc) is 2.36. The fourth-order valence-corrected chi connectivity index (χ4v) is 2.32. The van der Waals surface area contributed by atoms with Gasteiger partial charge in [0.05, 0.1) is 18.0 Å². The van der Waals surface area contributed by atoms with Gasteiger partial charge in [0.1, 0.15) is 5.25 Å². The summed E-state index contributed by atoms with van der Waals surface area (Å²) in [5.74, 6) is -0.729. The molecular weight excluding hydrogens is 252 g/mol. The van der Waals surface area contributed by atoms with Crippen LogP contribution in [0.1, 0.15) is 12.6 Å². The summed E-state index contributed by atoms with van der Waals surface area (Å²) in [4.78, 5) is 15.7. The van der Waals surface area contributed by atoms with E-state index in [1.54, 1.807) is 24.4 Å². The highest BCUT2D eigenvalue weighted by molar-refractivity contribution is 7.92. The van der Waals surface area contributed by atoms with Gasteiger partial charge in [-0.1, -0.05) is 12.1 Å². The van der Waals surface area contributed by atoms with E-state index in [-0.39, 0.29) is 12.3 Å². The van der Waals surface area contributed by atoms with Crippen molar-refractivity contribution >= 4 is 15.7 Å². The summed E-state index contributed by atoms with van der Waals surface area (Å²) in [6, 6.07) is 5.32. The van der Waals surface area contributed by atoms with Gasteiger partial charge in [0.2, 0.25) is 5.91 Å². The van der Waals surface area contributed by atoms with Crippen LogP contribution in [0.5, 0.6) is 0 Å². The molecule has 0 saturated carbocycles. The summed E-state index contributed by atoms with van der Waals surface area (Å²) < 4.78 is 23.3. The van der Waals surface area contributed by atoms with Crippen molar-refractivity contribution in [3.63, 3.8) is 0 Å². The third kappa shape index (κ3) is 3.96. The monoisotopic (exact) mass is 268 g/mol. The van der Waals surface area contributed by atoms with E-state index in [1.165, 1.54) is 13.0 Å². The average molecular weight is 268 g/mol. The van der Waals surface area contributed by atoms with Crippen LogP contribution in [-0.4, -0.2) is 30.3 Å². The molecule has 1 aromatic rings. The van der Waals surface area contributed by atoms with Gasteiger partial charge in [0.15, 0.2) is 9.84 Å². The SMILES string of the molecule is C=CCS(=O)(=O)C(C)C(=O)NCc1ccccn1. The van der Waals surface area contributed by atoms with E-state index in [2.05, 4.69) is 16.9 Å². The second kappa shape index (κ2) is 6.30. The van der Waals surface area contributed by atoms with Crippen LogP contribution in [0.15, 0.2) is 37.1 Å². The lowest BCUT2D eigenvalue weighted by atomic mass is 10.3. The number of carbonyl (C=O) groups is 1. The number of hydrogen-bond donors (Lipinski definition) is 1. The first kappa shape index (κ1) is 14.4. The maximum absolute atomic E-state index is 11.7. The molecule has 1 heterocycles. The molecular formula is C12H16N2O3S. The molecule has 0 aliphatic rings. The van der Waals surface area contributed by atoms with Crippen LogP contribution >= 0.6 is 0 Å². The molecule has 0 aliphatic carbocycles. The molecule has 0 spiro atoms. The van der Waals surface area contributed by atoms with E-state index in [1.807, 2.05) is 0 Å². The Kier molecular flexibility index (Phi) is 5.03. The van der Waals surface area contributed by atoms with Gasteiger partial charge >= 0.3 is 0 Å². The van der Waals surface area contributed by atoms with Crippen molar-refractivity contribution in [1.29, 1.82) is 0 Å². The van der Waals surface area contributed by atoms with Crippen LogP contribution in [0.2, 0.25) is 0 Å². The number of nitrogens with one attached hydrogen (secondary N) is 1. The summed E-state index contributed by atoms with van der Waals surface area (Å²) in [6.07, 6.45) is 2.89. The zero-order valence-corrected chi connectivity index (χ0v) is 11.0. The van der Waals surface area contributed by atoms with Crippen LogP contribution < -0.4 is 5.32 Å². The molecule has 1 amide bonds. The molecule has 6 heteroatoms. The van der Waals surface area contributed by atoms with Crippen molar-refractivity contribution in [2.24, 2.45) is 0 Å². The van der Waals surface area contributed by atoms with E-state index >= 15 is 0 Å². The number of pyridine rings is 1. The highest BCUT2D eigenvalue weighted by Gasteiger charge is 2.26. The maximum atomic E-state index is 11.7. The predicted molar refractivity (Wildman–Crippen MR) is 69.5 cm³/mol. The molecule has 1 atom stereocenters. The molecule has 1 unspecified atom stereocenters. The number of sulfone groups is 1. The lowest BCUT2D eigenvalue weighted by molar-refractivity contribution is -0.120. The smallest absolute Gasteiger partial charge is 0.238 e. The number of rotatable bonds is 6. The van der Waals surface area contributed by atoms with Crippen molar-refractivity contribution in [2.75, 3.05) is 5.75 Å². The Morgan fingerprint density at radius 3 is 2.83 bits per heavy atom. The largest absolute Gasteiger partial charge is 0.349 e. The molecule has 0 bridgehead atoms. The minimum absolute atomic E-state index is 0.203. The zero-order valence-electron chi connectivity index (χ0n) is 10.2. The first-order valence-corrected chi connectivity index (χ1v) is 7.19. The van der Waals surface area contributed by atoms with Gasteiger partial charge in [-0.3, -0.25) is 9.78 Å². The molecule has 1 N–H and O–H groups in total. The van der Waals surface area contributed by atoms with Crippen molar-refractivity contribution in [3.05, 3.63) is 42.7 Å². The summed E-state index contributed by atoms with van der Waals surface area (Å²) in [6.45, 7) is 4.94. The number of amides is 1. The Balaban J connectivity index is 2.59. The van der Waals surface area contributed by atoms with Gasteiger partial charge in [-0.05, 0) is 19.1 Å². The number of aromatic nitrogens is 1. The van der Waals surface area contributed by atoms with Crippen molar-refractivity contribution < 1.29 is 13.2 Å².